The van der Waals surface area contributed by atoms with Crippen molar-refractivity contribution < 1.29 is 27.5 Å². The molecule has 0 aliphatic rings. The second-order valence-corrected chi connectivity index (χ2v) is 7.17. The van der Waals surface area contributed by atoms with E-state index in [1.807, 2.05) is 0 Å². The lowest BCUT2D eigenvalue weighted by atomic mass is 10.1. The van der Waals surface area contributed by atoms with Crippen LogP contribution in [0.4, 0.5) is 18.2 Å². The third-order valence-electron chi connectivity index (χ3n) is 3.73. The standard InChI is InChI=1S/C18H15ClF3NO3S/c1-9-10(2)27-16(15(9)17(25)26-3)23-14(24)7-5-11-4-6-13(19)12(8-11)18(20,21)22/h4-8H,1-3H3,(H,23,24)/b7-5+. The van der Waals surface area contributed by atoms with Crippen LogP contribution in [0.2, 0.25) is 5.02 Å². The van der Waals surface area contributed by atoms with E-state index in [2.05, 4.69) is 5.32 Å². The summed E-state index contributed by atoms with van der Waals surface area (Å²) >= 11 is 6.77. The van der Waals surface area contributed by atoms with Gasteiger partial charge in [-0.05, 0) is 43.2 Å². The van der Waals surface area contributed by atoms with E-state index >= 15 is 0 Å². The number of carbonyl (C=O) groups is 2. The Kier molecular flexibility index (Phi) is 6.33. The minimum absolute atomic E-state index is 0.161. The number of thiophene rings is 1. The van der Waals surface area contributed by atoms with Crippen molar-refractivity contribution in [3.8, 4) is 0 Å². The van der Waals surface area contributed by atoms with Gasteiger partial charge in [0.1, 0.15) is 5.00 Å². The molecule has 0 saturated heterocycles. The van der Waals surface area contributed by atoms with Gasteiger partial charge in [-0.1, -0.05) is 17.7 Å². The summed E-state index contributed by atoms with van der Waals surface area (Å²) in [5.74, 6) is -1.17. The molecule has 27 heavy (non-hydrogen) atoms. The predicted octanol–water partition coefficient (Wildman–Crippen LogP) is 5.48. The highest BCUT2D eigenvalue weighted by molar-refractivity contribution is 7.16. The molecule has 1 N–H and O–H groups in total. The maximum Gasteiger partial charge on any atom is 0.417 e. The lowest BCUT2D eigenvalue weighted by Gasteiger charge is -2.09. The van der Waals surface area contributed by atoms with Crippen molar-refractivity contribution in [2.45, 2.75) is 20.0 Å². The summed E-state index contributed by atoms with van der Waals surface area (Å²) in [6, 6.07) is 3.33. The molecule has 2 aromatic rings. The maximum absolute atomic E-state index is 12.9. The average Bonchev–Trinajstić information content (AvgIpc) is 2.86. The van der Waals surface area contributed by atoms with Crippen molar-refractivity contribution in [3.05, 3.63) is 56.4 Å². The number of amides is 1. The minimum Gasteiger partial charge on any atom is -0.465 e. The lowest BCUT2D eigenvalue weighted by Crippen LogP contribution is -2.11. The Morgan fingerprint density at radius 3 is 2.52 bits per heavy atom. The summed E-state index contributed by atoms with van der Waals surface area (Å²) in [4.78, 5) is 24.9. The number of halogens is 4. The molecule has 1 aromatic carbocycles. The summed E-state index contributed by atoms with van der Waals surface area (Å²) in [7, 11) is 1.24. The van der Waals surface area contributed by atoms with Crippen molar-refractivity contribution >= 4 is 45.9 Å². The normalized spacial score (nSPS) is 11.7. The number of nitrogens with one attached hydrogen (secondary N) is 1. The van der Waals surface area contributed by atoms with E-state index in [9.17, 15) is 22.8 Å². The number of rotatable bonds is 4. The zero-order valence-corrected chi connectivity index (χ0v) is 16.1. The van der Waals surface area contributed by atoms with Crippen molar-refractivity contribution in [2.24, 2.45) is 0 Å². The number of carbonyl (C=O) groups excluding carboxylic acids is 2. The molecule has 1 aromatic heterocycles. The molecule has 1 amide bonds. The van der Waals surface area contributed by atoms with Crippen LogP contribution in [0.25, 0.3) is 6.08 Å². The summed E-state index contributed by atoms with van der Waals surface area (Å²) in [5.41, 5.74) is 0.129. The Morgan fingerprint density at radius 2 is 1.93 bits per heavy atom. The number of aryl methyl sites for hydroxylation is 1. The van der Waals surface area contributed by atoms with Gasteiger partial charge in [-0.3, -0.25) is 4.79 Å². The first-order valence-electron chi connectivity index (χ1n) is 7.58. The molecule has 0 radical (unpaired) electrons. The average molecular weight is 418 g/mol. The number of esters is 1. The molecule has 0 fully saturated rings. The van der Waals surface area contributed by atoms with Gasteiger partial charge in [0.25, 0.3) is 0 Å². The fraction of sp³-hybridized carbons (Fsp3) is 0.222. The van der Waals surface area contributed by atoms with Gasteiger partial charge < -0.3 is 10.1 Å². The fourth-order valence-corrected chi connectivity index (χ4v) is 3.53. The summed E-state index contributed by atoms with van der Waals surface area (Å²) < 4.78 is 43.4. The molecular weight excluding hydrogens is 403 g/mol. The Bertz CT molecular complexity index is 919. The van der Waals surface area contributed by atoms with E-state index in [0.717, 1.165) is 23.1 Å². The van der Waals surface area contributed by atoms with Crippen LogP contribution >= 0.6 is 22.9 Å². The molecule has 0 saturated carbocycles. The number of methoxy groups -OCH3 is 1. The van der Waals surface area contributed by atoms with E-state index in [0.29, 0.717) is 10.6 Å². The van der Waals surface area contributed by atoms with Crippen LogP contribution in [0.1, 0.15) is 31.9 Å². The molecule has 2 rings (SSSR count). The Labute approximate surface area is 162 Å². The number of benzene rings is 1. The van der Waals surface area contributed by atoms with Crippen LogP contribution in [-0.2, 0) is 15.7 Å². The topological polar surface area (TPSA) is 55.4 Å². The second-order valence-electron chi connectivity index (χ2n) is 5.54. The number of hydrogen-bond donors (Lipinski definition) is 1. The van der Waals surface area contributed by atoms with E-state index in [-0.39, 0.29) is 11.1 Å². The first-order valence-corrected chi connectivity index (χ1v) is 8.78. The van der Waals surface area contributed by atoms with Crippen LogP contribution in [0, 0.1) is 13.8 Å². The van der Waals surface area contributed by atoms with Crippen molar-refractivity contribution in [1.82, 2.24) is 0 Å². The summed E-state index contributed by atoms with van der Waals surface area (Å²) in [5, 5.41) is 2.46. The number of hydrogen-bond acceptors (Lipinski definition) is 4. The molecule has 144 valence electrons. The Morgan fingerprint density at radius 1 is 1.26 bits per heavy atom. The SMILES string of the molecule is COC(=O)c1c(NC(=O)/C=C/c2ccc(Cl)c(C(F)(F)F)c2)sc(C)c1C. The van der Waals surface area contributed by atoms with E-state index in [4.69, 9.17) is 16.3 Å². The highest BCUT2D eigenvalue weighted by Gasteiger charge is 2.33. The molecule has 0 aliphatic carbocycles. The van der Waals surface area contributed by atoms with Crippen LogP contribution in [0.3, 0.4) is 0 Å². The Hall–Kier alpha value is -2.32. The zero-order valence-electron chi connectivity index (χ0n) is 14.5. The van der Waals surface area contributed by atoms with Gasteiger partial charge in [-0.2, -0.15) is 13.2 Å². The molecule has 4 nitrogen and oxygen atoms in total. The summed E-state index contributed by atoms with van der Waals surface area (Å²) in [6.07, 6.45) is -2.29. The lowest BCUT2D eigenvalue weighted by molar-refractivity contribution is -0.137. The number of alkyl halides is 3. The zero-order chi connectivity index (χ0) is 20.4. The maximum atomic E-state index is 12.9. The van der Waals surface area contributed by atoms with E-state index in [1.165, 1.54) is 30.6 Å². The minimum atomic E-state index is -4.59. The number of anilines is 1. The highest BCUT2D eigenvalue weighted by Crippen LogP contribution is 2.35. The molecule has 0 spiro atoms. The number of ether oxygens (including phenoxy) is 1. The van der Waals surface area contributed by atoms with Crippen LogP contribution in [-0.4, -0.2) is 19.0 Å². The van der Waals surface area contributed by atoms with Crippen molar-refractivity contribution in [3.63, 3.8) is 0 Å². The van der Waals surface area contributed by atoms with Gasteiger partial charge >= 0.3 is 12.1 Å². The van der Waals surface area contributed by atoms with Gasteiger partial charge in [0.15, 0.2) is 0 Å². The van der Waals surface area contributed by atoms with Gasteiger partial charge in [0, 0.05) is 11.0 Å². The first kappa shape index (κ1) is 21.0. The van der Waals surface area contributed by atoms with Crippen LogP contribution in [0.5, 0.6) is 0 Å². The molecule has 1 heterocycles. The van der Waals surface area contributed by atoms with Crippen molar-refractivity contribution in [2.75, 3.05) is 12.4 Å². The summed E-state index contributed by atoms with van der Waals surface area (Å²) in [6.45, 7) is 3.53. The third-order valence-corrected chi connectivity index (χ3v) is 5.19. The quantitative estimate of drug-likeness (QED) is 0.529. The van der Waals surface area contributed by atoms with Gasteiger partial charge in [0.05, 0.1) is 23.3 Å². The van der Waals surface area contributed by atoms with Gasteiger partial charge in [-0.25, -0.2) is 4.79 Å². The first-order chi connectivity index (χ1) is 12.5. The predicted molar refractivity (Wildman–Crippen MR) is 99.3 cm³/mol. The van der Waals surface area contributed by atoms with Crippen molar-refractivity contribution in [1.29, 1.82) is 0 Å². The molecular formula is C18H15ClF3NO3S. The molecule has 0 unspecified atom stereocenters. The fourth-order valence-electron chi connectivity index (χ4n) is 2.25. The third kappa shape index (κ3) is 4.90. The Balaban J connectivity index is 2.22. The van der Waals surface area contributed by atoms with Gasteiger partial charge in [0.2, 0.25) is 5.91 Å². The molecule has 0 aliphatic heterocycles. The molecule has 9 heteroatoms. The highest BCUT2D eigenvalue weighted by atomic mass is 35.5. The smallest absolute Gasteiger partial charge is 0.417 e. The second kappa shape index (κ2) is 8.14. The van der Waals surface area contributed by atoms with Crippen LogP contribution < -0.4 is 5.32 Å². The van der Waals surface area contributed by atoms with E-state index in [1.54, 1.807) is 13.8 Å². The van der Waals surface area contributed by atoms with E-state index < -0.39 is 28.6 Å². The van der Waals surface area contributed by atoms with Gasteiger partial charge in [-0.15, -0.1) is 11.3 Å². The molecule has 0 atom stereocenters. The molecule has 0 bridgehead atoms. The largest absolute Gasteiger partial charge is 0.465 e. The monoisotopic (exact) mass is 417 g/mol. The van der Waals surface area contributed by atoms with Crippen LogP contribution in [0.15, 0.2) is 24.3 Å².